The number of nitrogens with zero attached hydrogens (tertiary/aromatic N) is 4. The van der Waals surface area contributed by atoms with Crippen molar-refractivity contribution in [3.05, 3.63) is 88.1 Å². The number of piperidine rings is 1. The number of alkyl halides is 2. The number of rotatable bonds is 9. The fourth-order valence-corrected chi connectivity index (χ4v) is 5.16. The van der Waals surface area contributed by atoms with Gasteiger partial charge in [0.1, 0.15) is 18.2 Å². The van der Waals surface area contributed by atoms with Crippen LogP contribution in [0.15, 0.2) is 54.6 Å². The minimum Gasteiger partial charge on any atom is -0.478 e. The van der Waals surface area contributed by atoms with Gasteiger partial charge in [0.15, 0.2) is 0 Å². The number of carbonyl (C=O) groups is 1. The van der Waals surface area contributed by atoms with E-state index in [9.17, 15) is 23.1 Å². The molecule has 0 unspecified atom stereocenters. The minimum atomic E-state index is -2.99. The van der Waals surface area contributed by atoms with Gasteiger partial charge in [0.25, 0.3) is 5.92 Å². The van der Waals surface area contributed by atoms with Crippen LogP contribution in [0, 0.1) is 5.82 Å². The number of likely N-dealkylation sites (tertiary alicyclic amines) is 1. The Balaban J connectivity index is 1.25. The topological polar surface area (TPSA) is 80.5 Å². The molecule has 11 heteroatoms. The number of hydrogen-bond acceptors (Lipinski definition) is 5. The number of fused-ring (bicyclic) bond motifs is 1. The van der Waals surface area contributed by atoms with Gasteiger partial charge in [-0.2, -0.15) is 0 Å². The highest BCUT2D eigenvalue weighted by molar-refractivity contribution is 6.30. The Morgan fingerprint density at radius 2 is 1.90 bits per heavy atom. The quantitative estimate of drug-likeness (QED) is 0.245. The van der Waals surface area contributed by atoms with Gasteiger partial charge in [-0.3, -0.25) is 4.90 Å². The van der Waals surface area contributed by atoms with E-state index in [-0.39, 0.29) is 18.1 Å². The zero-order valence-corrected chi connectivity index (χ0v) is 22.5. The first kappa shape index (κ1) is 27.9. The Kier molecular flexibility index (Phi) is 8.00. The summed E-state index contributed by atoms with van der Waals surface area (Å²) in [7, 11) is 0. The molecule has 0 spiro atoms. The standard InChI is InChI=1S/C29H28ClF3N4O3/c1-29(32,33)17-37-25-13-19(28(38)39)6-8-24(25)34-26(37)15-36-11-9-18(10-12-36)23-3-2-4-27(35-23)40-16-20-5-7-21(30)14-22(20)31/h2-8,13-14,18H,9-12,15-17H2,1H3,(H,38,39). The molecular weight excluding hydrogens is 545 g/mol. The number of carboxylic acid groups (broad SMARTS) is 1. The molecule has 0 amide bonds. The molecule has 1 aliphatic heterocycles. The average Bonchev–Trinajstić information content (AvgIpc) is 3.23. The maximum atomic E-state index is 14.1. The molecule has 0 radical (unpaired) electrons. The Bertz CT molecular complexity index is 1530. The van der Waals surface area contributed by atoms with Crippen LogP contribution in [0.3, 0.4) is 0 Å². The first-order valence-corrected chi connectivity index (χ1v) is 13.3. The molecule has 7 nitrogen and oxygen atoms in total. The molecule has 0 saturated carbocycles. The first-order chi connectivity index (χ1) is 19.1. The summed E-state index contributed by atoms with van der Waals surface area (Å²) in [5.41, 5.74) is 2.16. The van der Waals surface area contributed by atoms with Gasteiger partial charge >= 0.3 is 5.97 Å². The summed E-state index contributed by atoms with van der Waals surface area (Å²) in [6.45, 7) is 2.06. The van der Waals surface area contributed by atoms with E-state index < -0.39 is 24.3 Å². The lowest BCUT2D eigenvalue weighted by Gasteiger charge is -2.31. The lowest BCUT2D eigenvalue weighted by molar-refractivity contribution is 0.00360. The summed E-state index contributed by atoms with van der Waals surface area (Å²) in [6.07, 6.45) is 1.60. The molecule has 2 aromatic heterocycles. The molecule has 2 aromatic carbocycles. The van der Waals surface area contributed by atoms with Crippen LogP contribution in [-0.4, -0.2) is 49.5 Å². The number of ether oxygens (including phenoxy) is 1. The maximum absolute atomic E-state index is 14.1. The van der Waals surface area contributed by atoms with Crippen molar-refractivity contribution >= 4 is 28.6 Å². The maximum Gasteiger partial charge on any atom is 0.335 e. The smallest absolute Gasteiger partial charge is 0.335 e. The van der Waals surface area contributed by atoms with Crippen molar-refractivity contribution in [1.82, 2.24) is 19.4 Å². The molecule has 0 atom stereocenters. The first-order valence-electron chi connectivity index (χ1n) is 12.9. The number of aromatic carboxylic acids is 1. The molecule has 210 valence electrons. The predicted molar refractivity (Wildman–Crippen MR) is 145 cm³/mol. The van der Waals surface area contributed by atoms with E-state index in [2.05, 4.69) is 14.9 Å². The highest BCUT2D eigenvalue weighted by Crippen LogP contribution is 2.30. The van der Waals surface area contributed by atoms with E-state index in [0.717, 1.165) is 25.5 Å². The van der Waals surface area contributed by atoms with Crippen LogP contribution in [0.1, 0.15) is 53.1 Å². The number of imidazole rings is 1. The Morgan fingerprint density at radius 1 is 1.12 bits per heavy atom. The molecular formula is C29H28ClF3N4O3. The number of pyridine rings is 1. The predicted octanol–water partition coefficient (Wildman–Crippen LogP) is 6.54. The van der Waals surface area contributed by atoms with Gasteiger partial charge in [-0.05, 0) is 62.3 Å². The summed E-state index contributed by atoms with van der Waals surface area (Å²) in [5, 5.41) is 9.68. The summed E-state index contributed by atoms with van der Waals surface area (Å²) >= 11 is 5.81. The van der Waals surface area contributed by atoms with E-state index in [1.807, 2.05) is 12.1 Å². The van der Waals surface area contributed by atoms with Crippen LogP contribution in [0.2, 0.25) is 5.02 Å². The molecule has 3 heterocycles. The average molecular weight is 573 g/mol. The Hall–Kier alpha value is -3.63. The Labute approximate surface area is 234 Å². The summed E-state index contributed by atoms with van der Waals surface area (Å²) < 4.78 is 49.4. The fourth-order valence-electron chi connectivity index (χ4n) is 5.00. The van der Waals surface area contributed by atoms with E-state index in [0.29, 0.717) is 53.0 Å². The Morgan fingerprint density at radius 3 is 2.60 bits per heavy atom. The van der Waals surface area contributed by atoms with Gasteiger partial charge in [0.05, 0.1) is 29.7 Å². The molecule has 1 aliphatic rings. The second-order valence-corrected chi connectivity index (χ2v) is 10.6. The lowest BCUT2D eigenvalue weighted by atomic mass is 9.93. The van der Waals surface area contributed by atoms with Gasteiger partial charge in [-0.15, -0.1) is 0 Å². The van der Waals surface area contributed by atoms with Crippen molar-refractivity contribution in [1.29, 1.82) is 0 Å². The minimum absolute atomic E-state index is 0.0254. The SMILES string of the molecule is CC(F)(F)Cn1c(CN2CCC(c3cccc(OCc4ccc(Cl)cc4F)n3)CC2)nc2ccc(C(=O)O)cc21. The van der Waals surface area contributed by atoms with Crippen molar-refractivity contribution in [2.45, 2.75) is 51.3 Å². The van der Waals surface area contributed by atoms with Crippen molar-refractivity contribution in [2.24, 2.45) is 0 Å². The van der Waals surface area contributed by atoms with Crippen LogP contribution in [0.25, 0.3) is 11.0 Å². The second kappa shape index (κ2) is 11.5. The van der Waals surface area contributed by atoms with Crippen LogP contribution >= 0.6 is 11.6 Å². The molecule has 4 aromatic rings. The third kappa shape index (κ3) is 6.56. The van der Waals surface area contributed by atoms with Crippen LogP contribution in [0.5, 0.6) is 5.88 Å². The second-order valence-electron chi connectivity index (χ2n) is 10.2. The number of hydrogen-bond donors (Lipinski definition) is 1. The molecule has 0 aliphatic carbocycles. The van der Waals surface area contributed by atoms with Crippen LogP contribution < -0.4 is 4.74 Å². The molecule has 1 fully saturated rings. The van der Waals surface area contributed by atoms with Crippen molar-refractivity contribution in [3.63, 3.8) is 0 Å². The molecule has 5 rings (SSSR count). The van der Waals surface area contributed by atoms with E-state index in [4.69, 9.17) is 16.3 Å². The number of halogens is 4. The molecule has 1 saturated heterocycles. The largest absolute Gasteiger partial charge is 0.478 e. The zero-order valence-electron chi connectivity index (χ0n) is 21.8. The molecule has 40 heavy (non-hydrogen) atoms. The van der Waals surface area contributed by atoms with Crippen LogP contribution in [0.4, 0.5) is 13.2 Å². The molecule has 1 N–H and O–H groups in total. The third-order valence-electron chi connectivity index (χ3n) is 7.02. The van der Waals surface area contributed by atoms with E-state index in [1.54, 1.807) is 24.3 Å². The summed E-state index contributed by atoms with van der Waals surface area (Å²) in [5.74, 6) is -3.49. The lowest BCUT2D eigenvalue weighted by Crippen LogP contribution is -2.34. The highest BCUT2D eigenvalue weighted by Gasteiger charge is 2.28. The normalized spacial score (nSPS) is 15.0. The summed E-state index contributed by atoms with van der Waals surface area (Å²) in [6, 6.07) is 14.4. The van der Waals surface area contributed by atoms with Gasteiger partial charge in [-0.1, -0.05) is 23.7 Å². The van der Waals surface area contributed by atoms with Gasteiger partial charge in [0, 0.05) is 35.2 Å². The van der Waals surface area contributed by atoms with Crippen molar-refractivity contribution in [3.8, 4) is 5.88 Å². The molecule has 0 bridgehead atoms. The number of benzene rings is 2. The van der Waals surface area contributed by atoms with E-state index >= 15 is 0 Å². The number of aromatic nitrogens is 3. The highest BCUT2D eigenvalue weighted by atomic mass is 35.5. The summed E-state index contributed by atoms with van der Waals surface area (Å²) in [4.78, 5) is 22.8. The van der Waals surface area contributed by atoms with Gasteiger partial charge < -0.3 is 14.4 Å². The fraction of sp³-hybridized carbons (Fsp3) is 0.345. The monoisotopic (exact) mass is 572 g/mol. The van der Waals surface area contributed by atoms with E-state index in [1.165, 1.54) is 22.8 Å². The van der Waals surface area contributed by atoms with Crippen molar-refractivity contribution < 1.29 is 27.8 Å². The third-order valence-corrected chi connectivity index (χ3v) is 7.25. The van der Waals surface area contributed by atoms with Crippen LogP contribution in [-0.2, 0) is 19.7 Å². The van der Waals surface area contributed by atoms with Gasteiger partial charge in [0.2, 0.25) is 5.88 Å². The van der Waals surface area contributed by atoms with Gasteiger partial charge in [-0.25, -0.2) is 27.9 Å². The zero-order chi connectivity index (χ0) is 28.4. The van der Waals surface area contributed by atoms with Crippen molar-refractivity contribution in [2.75, 3.05) is 13.1 Å². The number of carboxylic acids is 1.